The lowest BCUT2D eigenvalue weighted by molar-refractivity contribution is 0.130. The smallest absolute Gasteiger partial charge is 0.322 e. The quantitative estimate of drug-likeness (QED) is 0.850. The molecule has 0 aliphatic carbocycles. The summed E-state index contributed by atoms with van der Waals surface area (Å²) in [6, 6.07) is 3.85. The minimum absolute atomic E-state index is 0.0602. The van der Waals surface area contributed by atoms with E-state index in [1.165, 1.54) is 4.88 Å². The molecule has 5 heteroatoms. The van der Waals surface area contributed by atoms with E-state index in [1.807, 2.05) is 19.1 Å². The van der Waals surface area contributed by atoms with Crippen molar-refractivity contribution in [2.24, 2.45) is 5.92 Å². The van der Waals surface area contributed by atoms with Crippen LogP contribution < -0.4 is 5.32 Å². The van der Waals surface area contributed by atoms with E-state index in [1.54, 1.807) is 23.2 Å². The summed E-state index contributed by atoms with van der Waals surface area (Å²) in [6.45, 7) is 5.17. The molecule has 2 amide bonds. The van der Waals surface area contributed by atoms with Crippen molar-refractivity contribution in [2.75, 3.05) is 18.4 Å². The highest BCUT2D eigenvalue weighted by atomic mass is 32.1. The number of nitrogens with zero attached hydrogens (tertiary/aromatic N) is 1. The number of anilines is 1. The van der Waals surface area contributed by atoms with Crippen molar-refractivity contribution in [3.05, 3.63) is 17.0 Å². The maximum Gasteiger partial charge on any atom is 0.322 e. The second-order valence-electron chi connectivity index (χ2n) is 4.58. The zero-order valence-corrected chi connectivity index (χ0v) is 11.0. The Morgan fingerprint density at radius 2 is 2.41 bits per heavy atom. The molecular formula is C12H18N2O2S. The van der Waals surface area contributed by atoms with Gasteiger partial charge in [-0.2, -0.15) is 0 Å². The third-order valence-corrected chi connectivity index (χ3v) is 4.08. The third-order valence-electron chi connectivity index (χ3n) is 3.16. The predicted molar refractivity (Wildman–Crippen MR) is 69.4 cm³/mol. The van der Waals surface area contributed by atoms with Crippen LogP contribution in [0.5, 0.6) is 0 Å². The fraction of sp³-hybridized carbons (Fsp3) is 0.583. The highest BCUT2D eigenvalue weighted by molar-refractivity contribution is 7.16. The van der Waals surface area contributed by atoms with E-state index < -0.39 is 0 Å². The minimum Gasteiger partial charge on any atom is -0.393 e. The Labute approximate surface area is 105 Å². The number of thiophene rings is 1. The van der Waals surface area contributed by atoms with Crippen molar-refractivity contribution in [2.45, 2.75) is 26.4 Å². The monoisotopic (exact) mass is 254 g/mol. The lowest BCUT2D eigenvalue weighted by Crippen LogP contribution is -2.33. The molecule has 0 spiro atoms. The first-order valence-electron chi connectivity index (χ1n) is 5.86. The van der Waals surface area contributed by atoms with Gasteiger partial charge in [0.2, 0.25) is 0 Å². The van der Waals surface area contributed by atoms with Crippen LogP contribution in [0.15, 0.2) is 12.1 Å². The largest absolute Gasteiger partial charge is 0.393 e. The normalized spacial score (nSPS) is 21.6. The van der Waals surface area contributed by atoms with Crippen LogP contribution in [-0.2, 0) is 0 Å². The molecule has 2 atom stereocenters. The summed E-state index contributed by atoms with van der Waals surface area (Å²) in [7, 11) is 0. The number of hydrogen-bond donors (Lipinski definition) is 2. The Kier molecular flexibility index (Phi) is 3.69. The summed E-state index contributed by atoms with van der Waals surface area (Å²) in [5.74, 6) is 0.214. The first-order chi connectivity index (χ1) is 8.06. The zero-order valence-electron chi connectivity index (χ0n) is 10.1. The molecule has 17 heavy (non-hydrogen) atoms. The van der Waals surface area contributed by atoms with Gasteiger partial charge in [0.05, 0.1) is 11.1 Å². The number of urea groups is 1. The first kappa shape index (κ1) is 12.4. The fourth-order valence-electron chi connectivity index (χ4n) is 2.05. The Balaban J connectivity index is 1.89. The van der Waals surface area contributed by atoms with Crippen molar-refractivity contribution in [3.63, 3.8) is 0 Å². The van der Waals surface area contributed by atoms with Gasteiger partial charge in [0.1, 0.15) is 0 Å². The summed E-state index contributed by atoms with van der Waals surface area (Å²) in [4.78, 5) is 14.9. The van der Waals surface area contributed by atoms with Gasteiger partial charge in [-0.05, 0) is 32.4 Å². The fourth-order valence-corrected chi connectivity index (χ4v) is 2.81. The lowest BCUT2D eigenvalue weighted by Gasteiger charge is -2.17. The van der Waals surface area contributed by atoms with Crippen LogP contribution in [0.3, 0.4) is 0 Å². The topological polar surface area (TPSA) is 52.6 Å². The number of carbonyl (C=O) groups is 1. The van der Waals surface area contributed by atoms with Crippen molar-refractivity contribution < 1.29 is 9.90 Å². The number of aryl methyl sites for hydroxylation is 1. The number of nitrogens with one attached hydrogen (secondary N) is 1. The summed E-state index contributed by atoms with van der Waals surface area (Å²) in [5, 5.41) is 13.3. The number of aliphatic hydroxyl groups is 1. The third kappa shape index (κ3) is 2.98. The van der Waals surface area contributed by atoms with E-state index in [9.17, 15) is 9.90 Å². The van der Waals surface area contributed by atoms with Gasteiger partial charge in [0.15, 0.2) is 0 Å². The van der Waals surface area contributed by atoms with Gasteiger partial charge in [-0.3, -0.25) is 5.32 Å². The van der Waals surface area contributed by atoms with E-state index in [-0.39, 0.29) is 18.1 Å². The summed E-state index contributed by atoms with van der Waals surface area (Å²) in [5.41, 5.74) is 0. The maximum absolute atomic E-state index is 11.9. The molecule has 0 radical (unpaired) electrons. The standard InChI is InChI=1S/C12H18N2O2S/c1-8-3-4-11(17-8)13-12(16)14-6-5-10(7-14)9(2)15/h3-4,9-10,15H,5-7H2,1-2H3,(H,13,16). The Morgan fingerprint density at radius 3 is 2.94 bits per heavy atom. The molecule has 1 fully saturated rings. The van der Waals surface area contributed by atoms with Crippen LogP contribution in [0.2, 0.25) is 0 Å². The van der Waals surface area contributed by atoms with Gasteiger partial charge in [-0.15, -0.1) is 11.3 Å². The number of likely N-dealkylation sites (tertiary alicyclic amines) is 1. The number of aliphatic hydroxyl groups excluding tert-OH is 1. The molecule has 2 N–H and O–H groups in total. The van der Waals surface area contributed by atoms with Gasteiger partial charge in [0, 0.05) is 23.9 Å². The molecule has 1 aliphatic rings. The highest BCUT2D eigenvalue weighted by Gasteiger charge is 2.29. The number of amides is 2. The van der Waals surface area contributed by atoms with Gasteiger partial charge < -0.3 is 10.0 Å². The van der Waals surface area contributed by atoms with Crippen LogP contribution in [0.1, 0.15) is 18.2 Å². The van der Waals surface area contributed by atoms with Crippen molar-refractivity contribution >= 4 is 22.4 Å². The van der Waals surface area contributed by atoms with E-state index in [4.69, 9.17) is 0 Å². The van der Waals surface area contributed by atoms with Crippen LogP contribution in [0.25, 0.3) is 0 Å². The second-order valence-corrected chi connectivity index (χ2v) is 5.86. The van der Waals surface area contributed by atoms with Gasteiger partial charge >= 0.3 is 6.03 Å². The van der Waals surface area contributed by atoms with Crippen molar-refractivity contribution in [3.8, 4) is 0 Å². The molecule has 4 nitrogen and oxygen atoms in total. The summed E-state index contributed by atoms with van der Waals surface area (Å²) in [6.07, 6.45) is 0.547. The summed E-state index contributed by atoms with van der Waals surface area (Å²) < 4.78 is 0. The maximum atomic E-state index is 11.9. The molecule has 2 rings (SSSR count). The molecule has 0 bridgehead atoms. The average molecular weight is 254 g/mol. The minimum atomic E-state index is -0.336. The molecule has 1 aromatic rings. The second kappa shape index (κ2) is 5.06. The van der Waals surface area contributed by atoms with Crippen molar-refractivity contribution in [1.82, 2.24) is 4.90 Å². The number of rotatable bonds is 2. The number of hydrogen-bond acceptors (Lipinski definition) is 3. The van der Waals surface area contributed by atoms with E-state index >= 15 is 0 Å². The molecule has 2 unspecified atom stereocenters. The van der Waals surface area contributed by atoms with Crippen LogP contribution in [0.4, 0.5) is 9.80 Å². The van der Waals surface area contributed by atoms with Crippen LogP contribution >= 0.6 is 11.3 Å². The Bertz CT molecular complexity index is 403. The van der Waals surface area contributed by atoms with Crippen LogP contribution in [-0.4, -0.2) is 35.2 Å². The van der Waals surface area contributed by atoms with Gasteiger partial charge in [0.25, 0.3) is 0 Å². The van der Waals surface area contributed by atoms with E-state index in [0.717, 1.165) is 18.0 Å². The molecular weight excluding hydrogens is 236 g/mol. The molecule has 0 aromatic carbocycles. The van der Waals surface area contributed by atoms with Gasteiger partial charge in [-0.25, -0.2) is 4.79 Å². The average Bonchev–Trinajstić information content (AvgIpc) is 2.86. The van der Waals surface area contributed by atoms with E-state index in [2.05, 4.69) is 5.32 Å². The SMILES string of the molecule is Cc1ccc(NC(=O)N2CCC(C(C)O)C2)s1. The highest BCUT2D eigenvalue weighted by Crippen LogP contribution is 2.23. The molecule has 94 valence electrons. The molecule has 1 aromatic heterocycles. The Hall–Kier alpha value is -1.07. The first-order valence-corrected chi connectivity index (χ1v) is 6.68. The Morgan fingerprint density at radius 1 is 1.65 bits per heavy atom. The number of carbonyl (C=O) groups excluding carboxylic acids is 1. The molecule has 1 aliphatic heterocycles. The van der Waals surface area contributed by atoms with Crippen LogP contribution in [0, 0.1) is 12.8 Å². The molecule has 2 heterocycles. The van der Waals surface area contributed by atoms with Gasteiger partial charge in [-0.1, -0.05) is 0 Å². The molecule has 1 saturated heterocycles. The van der Waals surface area contributed by atoms with E-state index in [0.29, 0.717) is 6.54 Å². The summed E-state index contributed by atoms with van der Waals surface area (Å²) >= 11 is 1.57. The predicted octanol–water partition coefficient (Wildman–Crippen LogP) is 2.29. The lowest BCUT2D eigenvalue weighted by atomic mass is 10.0. The zero-order chi connectivity index (χ0) is 12.4. The van der Waals surface area contributed by atoms with Crippen molar-refractivity contribution in [1.29, 1.82) is 0 Å². The molecule has 0 saturated carbocycles.